The van der Waals surface area contributed by atoms with Crippen molar-refractivity contribution >= 4 is 11.1 Å². The molecule has 0 saturated carbocycles. The molecule has 6 heteroatoms. The lowest BCUT2D eigenvalue weighted by atomic mass is 10.0. The van der Waals surface area contributed by atoms with E-state index in [2.05, 4.69) is 12.6 Å². The quantitative estimate of drug-likeness (QED) is 0.298. The number of methoxy groups -OCH3 is 2. The summed E-state index contributed by atoms with van der Waals surface area (Å²) in [4.78, 5) is 0. The summed E-state index contributed by atoms with van der Waals surface area (Å²) in [7, 11) is 3.31. The lowest BCUT2D eigenvalue weighted by Crippen LogP contribution is -2.09. The van der Waals surface area contributed by atoms with E-state index in [1.807, 2.05) is 25.1 Å². The molecule has 0 heterocycles. The normalized spacial score (nSPS) is 11.6. The summed E-state index contributed by atoms with van der Waals surface area (Å²) in [5, 5.41) is 0. The highest BCUT2D eigenvalue weighted by molar-refractivity contribution is 5.70. The largest absolute Gasteiger partial charge is 0.498 e. The van der Waals surface area contributed by atoms with Crippen LogP contribution in [0.5, 0.6) is 0 Å². The van der Waals surface area contributed by atoms with E-state index in [1.165, 1.54) is 0 Å². The van der Waals surface area contributed by atoms with Crippen LogP contribution in [0.3, 0.4) is 0 Å². The molecule has 1 rings (SSSR count). The number of hydrogen-bond acceptors (Lipinski definition) is 6. The Morgan fingerprint density at radius 3 is 2.07 bits per heavy atom. The summed E-state index contributed by atoms with van der Waals surface area (Å²) in [6, 6.07) is 8.17. The lowest BCUT2D eigenvalue weighted by molar-refractivity contribution is 0.0325. The fourth-order valence-corrected chi connectivity index (χ4v) is 2.23. The van der Waals surface area contributed by atoms with Gasteiger partial charge in [-0.3, -0.25) is 0 Å². The van der Waals surface area contributed by atoms with Crippen LogP contribution in [-0.4, -0.2) is 73.7 Å². The maximum atomic E-state index is 5.62. The molecular formula is C22H34O6. The number of hydrogen-bond donors (Lipinski definition) is 0. The summed E-state index contributed by atoms with van der Waals surface area (Å²) in [5.74, 6) is 0. The first-order valence-electron chi connectivity index (χ1n) is 9.47. The Morgan fingerprint density at radius 2 is 1.39 bits per heavy atom. The molecule has 0 fully saturated rings. The third-order valence-electron chi connectivity index (χ3n) is 3.84. The third-order valence-corrected chi connectivity index (χ3v) is 3.84. The number of ether oxygens (including phenoxy) is 6. The van der Waals surface area contributed by atoms with Gasteiger partial charge in [-0.25, -0.2) is 0 Å². The summed E-state index contributed by atoms with van der Waals surface area (Å²) in [5.41, 5.74) is 4.10. The minimum Gasteiger partial charge on any atom is -0.498 e. The molecule has 1 aromatic carbocycles. The van der Waals surface area contributed by atoms with Gasteiger partial charge in [-0.1, -0.05) is 24.8 Å². The molecule has 0 aliphatic rings. The lowest BCUT2D eigenvalue weighted by Gasteiger charge is -2.10. The van der Waals surface area contributed by atoms with Gasteiger partial charge < -0.3 is 28.4 Å². The van der Waals surface area contributed by atoms with Gasteiger partial charge in [0, 0.05) is 14.2 Å². The van der Waals surface area contributed by atoms with Crippen molar-refractivity contribution in [2.24, 2.45) is 0 Å². The molecule has 0 atom stereocenters. The summed E-state index contributed by atoms with van der Waals surface area (Å²) >= 11 is 0. The van der Waals surface area contributed by atoms with E-state index >= 15 is 0 Å². The zero-order chi connectivity index (χ0) is 20.5. The molecule has 0 aliphatic carbocycles. The molecule has 0 radical (unpaired) electrons. The number of benzene rings is 1. The van der Waals surface area contributed by atoms with Crippen molar-refractivity contribution in [1.82, 2.24) is 0 Å². The monoisotopic (exact) mass is 394 g/mol. The molecule has 0 spiro atoms. The second-order valence-electron chi connectivity index (χ2n) is 6.12. The SMILES string of the molecule is C=C(COCCOCCOC)c1cccc(/C(C)=C/OCCOCCOC)c1. The number of rotatable bonds is 17. The molecule has 1 aromatic rings. The Bertz CT molecular complexity index is 570. The molecule has 28 heavy (non-hydrogen) atoms. The highest BCUT2D eigenvalue weighted by Gasteiger charge is 2.03. The molecule has 0 unspecified atom stereocenters. The van der Waals surface area contributed by atoms with Gasteiger partial charge in [0.2, 0.25) is 0 Å². The average molecular weight is 395 g/mol. The van der Waals surface area contributed by atoms with Crippen LogP contribution in [0, 0.1) is 0 Å². The Labute approximate surface area is 169 Å². The van der Waals surface area contributed by atoms with Gasteiger partial charge in [-0.05, 0) is 35.3 Å². The topological polar surface area (TPSA) is 55.4 Å². The molecule has 0 aromatic heterocycles. The van der Waals surface area contributed by atoms with Crippen molar-refractivity contribution < 1.29 is 28.4 Å². The van der Waals surface area contributed by atoms with Gasteiger partial charge in [0.25, 0.3) is 0 Å². The van der Waals surface area contributed by atoms with Crippen LogP contribution < -0.4 is 0 Å². The minimum atomic E-state index is 0.467. The van der Waals surface area contributed by atoms with Crippen LogP contribution in [0.15, 0.2) is 37.1 Å². The molecule has 158 valence electrons. The Balaban J connectivity index is 2.34. The minimum absolute atomic E-state index is 0.467. The zero-order valence-corrected chi connectivity index (χ0v) is 17.4. The van der Waals surface area contributed by atoms with Crippen molar-refractivity contribution in [3.05, 3.63) is 48.2 Å². The van der Waals surface area contributed by atoms with Crippen molar-refractivity contribution in [1.29, 1.82) is 0 Å². The van der Waals surface area contributed by atoms with E-state index in [1.54, 1.807) is 20.5 Å². The van der Waals surface area contributed by atoms with E-state index in [0.717, 1.165) is 22.3 Å². The van der Waals surface area contributed by atoms with Gasteiger partial charge in [-0.2, -0.15) is 0 Å². The molecule has 0 amide bonds. The van der Waals surface area contributed by atoms with E-state index in [4.69, 9.17) is 28.4 Å². The zero-order valence-electron chi connectivity index (χ0n) is 17.4. The van der Waals surface area contributed by atoms with E-state index in [0.29, 0.717) is 59.5 Å². The molecule has 0 bridgehead atoms. The van der Waals surface area contributed by atoms with Crippen LogP contribution in [0.1, 0.15) is 18.1 Å². The highest BCUT2D eigenvalue weighted by atomic mass is 16.5. The second kappa shape index (κ2) is 16.3. The molecule has 0 aliphatic heterocycles. The van der Waals surface area contributed by atoms with Gasteiger partial charge in [0.15, 0.2) is 0 Å². The van der Waals surface area contributed by atoms with Gasteiger partial charge >= 0.3 is 0 Å². The van der Waals surface area contributed by atoms with Gasteiger partial charge in [0.1, 0.15) is 6.61 Å². The highest BCUT2D eigenvalue weighted by Crippen LogP contribution is 2.20. The van der Waals surface area contributed by atoms with Crippen molar-refractivity contribution in [2.75, 3.05) is 73.7 Å². The van der Waals surface area contributed by atoms with E-state index in [-0.39, 0.29) is 0 Å². The summed E-state index contributed by atoms with van der Waals surface area (Å²) in [6.07, 6.45) is 1.76. The summed E-state index contributed by atoms with van der Waals surface area (Å²) < 4.78 is 31.8. The number of allylic oxidation sites excluding steroid dienone is 1. The molecular weight excluding hydrogens is 360 g/mol. The van der Waals surface area contributed by atoms with Crippen molar-refractivity contribution in [2.45, 2.75) is 6.92 Å². The Morgan fingerprint density at radius 1 is 0.821 bits per heavy atom. The first-order valence-corrected chi connectivity index (χ1v) is 9.47. The van der Waals surface area contributed by atoms with Gasteiger partial charge in [-0.15, -0.1) is 0 Å². The third kappa shape index (κ3) is 11.2. The van der Waals surface area contributed by atoms with Gasteiger partial charge in [0.05, 0.1) is 59.1 Å². The van der Waals surface area contributed by atoms with Crippen LogP contribution in [0.4, 0.5) is 0 Å². The second-order valence-corrected chi connectivity index (χ2v) is 6.12. The van der Waals surface area contributed by atoms with E-state index < -0.39 is 0 Å². The fourth-order valence-electron chi connectivity index (χ4n) is 2.23. The van der Waals surface area contributed by atoms with Crippen LogP contribution in [-0.2, 0) is 28.4 Å². The maximum absolute atomic E-state index is 5.62. The van der Waals surface area contributed by atoms with Crippen molar-refractivity contribution in [3.63, 3.8) is 0 Å². The predicted octanol–water partition coefficient (Wildman–Crippen LogP) is 3.42. The Kier molecular flexibility index (Phi) is 14.1. The standard InChI is InChI=1S/C22H34O6/c1-19(17-27-14-12-25-10-8-23-3)21-6-5-7-22(16-21)20(2)18-28-15-13-26-11-9-24-4/h5-7,16,18H,1,8-15,17H2,2-4H3/b20-18+. The maximum Gasteiger partial charge on any atom is 0.111 e. The average Bonchev–Trinajstić information content (AvgIpc) is 2.72. The fraction of sp³-hybridized carbons (Fsp3) is 0.545. The van der Waals surface area contributed by atoms with E-state index in [9.17, 15) is 0 Å². The summed E-state index contributed by atoms with van der Waals surface area (Å²) in [6.45, 7) is 11.1. The van der Waals surface area contributed by atoms with Crippen LogP contribution >= 0.6 is 0 Å². The molecule has 0 N–H and O–H groups in total. The molecule has 6 nitrogen and oxygen atoms in total. The molecule has 0 saturated heterocycles. The first-order chi connectivity index (χ1) is 13.7. The smallest absolute Gasteiger partial charge is 0.111 e. The predicted molar refractivity (Wildman–Crippen MR) is 111 cm³/mol. The van der Waals surface area contributed by atoms with Crippen molar-refractivity contribution in [3.8, 4) is 0 Å². The Hall–Kier alpha value is -1.70. The van der Waals surface area contributed by atoms with Crippen LogP contribution in [0.25, 0.3) is 11.1 Å². The first kappa shape index (κ1) is 24.3. The van der Waals surface area contributed by atoms with Crippen LogP contribution in [0.2, 0.25) is 0 Å².